The summed E-state index contributed by atoms with van der Waals surface area (Å²) in [7, 11) is 2.55. The second-order valence-corrected chi connectivity index (χ2v) is 8.27. The minimum Gasteiger partial charge on any atom is -0.465 e. The Hall–Kier alpha value is -4.46. The van der Waals surface area contributed by atoms with E-state index in [2.05, 4.69) is 0 Å². The van der Waals surface area contributed by atoms with E-state index in [1.165, 1.54) is 37.3 Å². The normalized spacial score (nSPS) is 14.6. The second kappa shape index (κ2) is 9.65. The van der Waals surface area contributed by atoms with Crippen molar-refractivity contribution in [1.82, 2.24) is 4.57 Å². The number of halogens is 1. The molecule has 184 valence electrons. The number of aryl methyl sites for hydroxylation is 1. The van der Waals surface area contributed by atoms with Crippen LogP contribution in [0.1, 0.15) is 34.2 Å². The maximum absolute atomic E-state index is 14.6. The van der Waals surface area contributed by atoms with Gasteiger partial charge >= 0.3 is 11.9 Å². The average molecular weight is 489 g/mol. The number of allylic oxidation sites excluding steroid dienone is 1. The third kappa shape index (κ3) is 4.00. The number of rotatable bonds is 5. The number of amides is 1. The quantitative estimate of drug-likeness (QED) is 0.377. The molecule has 0 unspecified atom stereocenters. The Balaban J connectivity index is 1.88. The number of anilines is 1. The molecule has 8 heteroatoms. The maximum Gasteiger partial charge on any atom is 0.340 e. The molecule has 1 amide bonds. The molecule has 0 aliphatic carbocycles. The summed E-state index contributed by atoms with van der Waals surface area (Å²) in [6.45, 7) is 5.29. The Morgan fingerprint density at radius 2 is 1.50 bits per heavy atom. The molecular formula is C28H25FN2O5. The van der Waals surface area contributed by atoms with E-state index in [0.29, 0.717) is 16.8 Å². The van der Waals surface area contributed by atoms with Gasteiger partial charge in [-0.25, -0.2) is 14.0 Å². The molecule has 1 aromatic heterocycles. The van der Waals surface area contributed by atoms with Crippen LogP contribution in [0.3, 0.4) is 0 Å². The van der Waals surface area contributed by atoms with Crippen molar-refractivity contribution >= 4 is 29.6 Å². The zero-order chi connectivity index (χ0) is 26.1. The highest BCUT2D eigenvalue weighted by atomic mass is 19.1. The minimum absolute atomic E-state index is 0.0438. The lowest BCUT2D eigenvalue weighted by Gasteiger charge is -2.18. The van der Waals surface area contributed by atoms with E-state index in [-0.39, 0.29) is 22.5 Å². The second-order valence-electron chi connectivity index (χ2n) is 8.27. The molecule has 2 aromatic carbocycles. The molecule has 0 N–H and O–H groups in total. The number of ether oxygens (including phenoxy) is 2. The Morgan fingerprint density at radius 3 is 2.14 bits per heavy atom. The smallest absolute Gasteiger partial charge is 0.340 e. The van der Waals surface area contributed by atoms with Crippen molar-refractivity contribution in [3.8, 4) is 5.69 Å². The van der Waals surface area contributed by atoms with E-state index in [4.69, 9.17) is 9.47 Å². The van der Waals surface area contributed by atoms with Gasteiger partial charge in [-0.2, -0.15) is 0 Å². The van der Waals surface area contributed by atoms with E-state index in [1.807, 2.05) is 30.5 Å². The highest BCUT2D eigenvalue weighted by Crippen LogP contribution is 2.37. The van der Waals surface area contributed by atoms with Gasteiger partial charge in [0.15, 0.2) is 0 Å². The molecule has 36 heavy (non-hydrogen) atoms. The van der Waals surface area contributed by atoms with Crippen molar-refractivity contribution in [3.05, 3.63) is 99.8 Å². The summed E-state index contributed by atoms with van der Waals surface area (Å²) in [5.74, 6) is -2.31. The van der Waals surface area contributed by atoms with E-state index in [1.54, 1.807) is 37.3 Å². The fourth-order valence-electron chi connectivity index (χ4n) is 4.51. The number of nitrogens with zero attached hydrogens (tertiary/aromatic N) is 2. The number of hydrogen-bond donors (Lipinski definition) is 0. The highest BCUT2D eigenvalue weighted by Gasteiger charge is 2.39. The zero-order valence-corrected chi connectivity index (χ0v) is 20.6. The van der Waals surface area contributed by atoms with Gasteiger partial charge in [-0.05, 0) is 62.7 Å². The van der Waals surface area contributed by atoms with Crippen LogP contribution in [0.2, 0.25) is 0 Å². The Kier molecular flexibility index (Phi) is 6.61. The first-order valence-electron chi connectivity index (χ1n) is 11.2. The molecule has 7 nitrogen and oxygen atoms in total. The number of aromatic nitrogens is 1. The number of methoxy groups -OCH3 is 2. The first-order valence-corrected chi connectivity index (χ1v) is 11.2. The molecule has 3 aromatic rings. The van der Waals surface area contributed by atoms with Crippen molar-refractivity contribution in [2.75, 3.05) is 19.1 Å². The van der Waals surface area contributed by atoms with Crippen LogP contribution >= 0.6 is 0 Å². The number of carbonyl (C=O) groups is 3. The molecule has 0 saturated carbocycles. The maximum atomic E-state index is 14.6. The largest absolute Gasteiger partial charge is 0.465 e. The first-order chi connectivity index (χ1) is 17.2. The van der Waals surface area contributed by atoms with Crippen LogP contribution in [-0.4, -0.2) is 36.6 Å². The Morgan fingerprint density at radius 1 is 0.889 bits per heavy atom. The topological polar surface area (TPSA) is 77.8 Å². The van der Waals surface area contributed by atoms with Crippen molar-refractivity contribution in [3.63, 3.8) is 0 Å². The number of benzene rings is 2. The van der Waals surface area contributed by atoms with Crippen LogP contribution in [0.15, 0.2) is 71.4 Å². The first kappa shape index (κ1) is 24.7. The lowest BCUT2D eigenvalue weighted by atomic mass is 10.0. The van der Waals surface area contributed by atoms with Gasteiger partial charge in [0.25, 0.3) is 5.91 Å². The predicted molar refractivity (Wildman–Crippen MR) is 133 cm³/mol. The van der Waals surface area contributed by atoms with Crippen LogP contribution in [0.5, 0.6) is 0 Å². The number of para-hydroxylation sites is 2. The summed E-state index contributed by atoms with van der Waals surface area (Å²) in [4.78, 5) is 39.8. The standard InChI is InChI=1S/C28H25FN2O5/c1-16-14-19(17(2)30(16)23-12-8-6-10-20(23)27(33)35-4)15-21-25(28(34)36-5)18(3)31(26(21)32)24-13-9-7-11-22(24)29/h6-15H,1-5H3. The van der Waals surface area contributed by atoms with E-state index in [9.17, 15) is 18.8 Å². The van der Waals surface area contributed by atoms with E-state index >= 15 is 0 Å². The van der Waals surface area contributed by atoms with Gasteiger partial charge in [-0.3, -0.25) is 9.69 Å². The molecule has 2 heterocycles. The van der Waals surface area contributed by atoms with Gasteiger partial charge in [0, 0.05) is 17.1 Å². The summed E-state index contributed by atoms with van der Waals surface area (Å²) in [5.41, 5.74) is 3.65. The number of carbonyl (C=O) groups excluding carboxylic acids is 3. The molecule has 0 spiro atoms. The van der Waals surface area contributed by atoms with Crippen LogP contribution in [0.4, 0.5) is 10.1 Å². The Bertz CT molecular complexity index is 1460. The molecule has 0 saturated heterocycles. The molecule has 0 atom stereocenters. The third-order valence-electron chi connectivity index (χ3n) is 6.20. The van der Waals surface area contributed by atoms with Crippen LogP contribution < -0.4 is 4.90 Å². The monoisotopic (exact) mass is 488 g/mol. The molecule has 0 fully saturated rings. The van der Waals surface area contributed by atoms with E-state index < -0.39 is 23.7 Å². The molecule has 1 aliphatic heterocycles. The van der Waals surface area contributed by atoms with Crippen LogP contribution in [-0.2, 0) is 19.1 Å². The van der Waals surface area contributed by atoms with Crippen LogP contribution in [0, 0.1) is 19.7 Å². The van der Waals surface area contributed by atoms with Crippen molar-refractivity contribution < 1.29 is 28.2 Å². The Labute approximate surface area is 208 Å². The molecule has 4 rings (SSSR count). The number of hydrogen-bond acceptors (Lipinski definition) is 5. The third-order valence-corrected chi connectivity index (χ3v) is 6.20. The number of esters is 2. The minimum atomic E-state index is -0.698. The molecule has 0 radical (unpaired) electrons. The fraction of sp³-hybridized carbons (Fsp3) is 0.179. The lowest BCUT2D eigenvalue weighted by molar-refractivity contribution is -0.136. The average Bonchev–Trinajstić information content (AvgIpc) is 3.29. The van der Waals surface area contributed by atoms with E-state index in [0.717, 1.165) is 11.4 Å². The highest BCUT2D eigenvalue weighted by molar-refractivity contribution is 6.24. The summed E-state index contributed by atoms with van der Waals surface area (Å²) >= 11 is 0. The van der Waals surface area contributed by atoms with Gasteiger partial charge in [-0.1, -0.05) is 24.3 Å². The van der Waals surface area contributed by atoms with Crippen molar-refractivity contribution in [2.24, 2.45) is 0 Å². The molecule has 1 aliphatic rings. The summed E-state index contributed by atoms with van der Waals surface area (Å²) < 4.78 is 26.4. The summed E-state index contributed by atoms with van der Waals surface area (Å²) in [6.07, 6.45) is 1.60. The molecule has 0 bridgehead atoms. The summed E-state index contributed by atoms with van der Waals surface area (Å²) in [5, 5.41) is 0. The van der Waals surface area contributed by atoms with Gasteiger partial charge in [0.1, 0.15) is 5.82 Å². The SMILES string of the molecule is COC(=O)C1=C(C)N(c2ccccc2F)C(=O)C1=Cc1cc(C)n(-c2ccccc2C(=O)OC)c1C. The fourth-order valence-corrected chi connectivity index (χ4v) is 4.51. The van der Waals surface area contributed by atoms with Gasteiger partial charge in [0.2, 0.25) is 0 Å². The predicted octanol–water partition coefficient (Wildman–Crippen LogP) is 4.90. The summed E-state index contributed by atoms with van der Waals surface area (Å²) in [6, 6.07) is 14.7. The molecular weight excluding hydrogens is 463 g/mol. The van der Waals surface area contributed by atoms with Gasteiger partial charge < -0.3 is 14.0 Å². The van der Waals surface area contributed by atoms with Gasteiger partial charge in [0.05, 0.1) is 42.3 Å². The lowest BCUT2D eigenvalue weighted by Crippen LogP contribution is -2.25. The van der Waals surface area contributed by atoms with Gasteiger partial charge in [-0.15, -0.1) is 0 Å². The van der Waals surface area contributed by atoms with Crippen LogP contribution in [0.25, 0.3) is 11.8 Å². The van der Waals surface area contributed by atoms with Crippen molar-refractivity contribution in [1.29, 1.82) is 0 Å². The zero-order valence-electron chi connectivity index (χ0n) is 20.6. The van der Waals surface area contributed by atoms with Crippen molar-refractivity contribution in [2.45, 2.75) is 20.8 Å².